The number of likely N-dealkylation sites (N-methyl/N-ethyl adjacent to an activating group) is 1. The zero-order valence-corrected chi connectivity index (χ0v) is 11.8. The second-order valence-corrected chi connectivity index (χ2v) is 5.41. The van der Waals surface area contributed by atoms with Crippen molar-refractivity contribution in [1.82, 2.24) is 15.1 Å². The third-order valence-electron chi connectivity index (χ3n) is 4.49. The molecule has 3 aliphatic heterocycles. The number of fused-ring (bicyclic) bond motifs is 3. The molecule has 1 aromatic carbocycles. The van der Waals surface area contributed by atoms with Crippen LogP contribution in [0.3, 0.4) is 0 Å². The molecular weight excluding hydrogens is 238 g/mol. The summed E-state index contributed by atoms with van der Waals surface area (Å²) < 4.78 is 5.53. The quantitative estimate of drug-likeness (QED) is 0.873. The summed E-state index contributed by atoms with van der Waals surface area (Å²) in [6.07, 6.45) is 0. The van der Waals surface area contributed by atoms with Crippen LogP contribution in [0.15, 0.2) is 24.3 Å². The van der Waals surface area contributed by atoms with Gasteiger partial charge in [-0.2, -0.15) is 0 Å². The van der Waals surface area contributed by atoms with Crippen LogP contribution in [0.25, 0.3) is 0 Å². The predicted octanol–water partition coefficient (Wildman–Crippen LogP) is 0.956. The zero-order valence-electron chi connectivity index (χ0n) is 11.8. The number of nitrogens with zero attached hydrogens (tertiary/aromatic N) is 2. The number of hydrogen-bond donors (Lipinski definition) is 1. The van der Waals surface area contributed by atoms with Crippen LogP contribution >= 0.6 is 0 Å². The van der Waals surface area contributed by atoms with E-state index in [1.807, 2.05) is 6.07 Å². The molecule has 3 aliphatic rings. The molecule has 4 nitrogen and oxygen atoms in total. The van der Waals surface area contributed by atoms with Gasteiger partial charge in [-0.1, -0.05) is 18.2 Å². The van der Waals surface area contributed by atoms with Crippen molar-refractivity contribution in [2.24, 2.45) is 0 Å². The number of methoxy groups -OCH3 is 1. The van der Waals surface area contributed by atoms with E-state index in [4.69, 9.17) is 4.74 Å². The van der Waals surface area contributed by atoms with Crippen LogP contribution in [0.5, 0.6) is 5.75 Å². The molecule has 0 aromatic heterocycles. The summed E-state index contributed by atoms with van der Waals surface area (Å²) in [6, 6.07) is 9.24. The standard InChI is InChI=1S/C15H23N3O/c1-16-15(12-5-3-4-6-14(12)19-2)13-11-17-7-9-18(13)10-8-17/h3-6,13,15-16H,7-11H2,1-2H3. The maximum Gasteiger partial charge on any atom is 0.123 e. The van der Waals surface area contributed by atoms with E-state index < -0.39 is 0 Å². The Morgan fingerprint density at radius 2 is 1.95 bits per heavy atom. The highest BCUT2D eigenvalue weighted by Crippen LogP contribution is 2.32. The maximum absolute atomic E-state index is 5.53. The minimum atomic E-state index is 0.333. The Hall–Kier alpha value is -1.10. The maximum atomic E-state index is 5.53. The molecule has 19 heavy (non-hydrogen) atoms. The van der Waals surface area contributed by atoms with Gasteiger partial charge in [0.1, 0.15) is 5.75 Å². The molecular formula is C15H23N3O. The molecule has 4 rings (SSSR count). The molecule has 1 N–H and O–H groups in total. The van der Waals surface area contributed by atoms with Gasteiger partial charge in [-0.25, -0.2) is 0 Å². The molecule has 3 heterocycles. The Morgan fingerprint density at radius 1 is 1.21 bits per heavy atom. The third kappa shape index (κ3) is 2.36. The number of nitrogens with one attached hydrogen (secondary N) is 1. The summed E-state index contributed by atoms with van der Waals surface area (Å²) in [6.45, 7) is 5.98. The average molecular weight is 261 g/mol. The van der Waals surface area contributed by atoms with Crippen molar-refractivity contribution in [2.45, 2.75) is 12.1 Å². The van der Waals surface area contributed by atoms with Gasteiger partial charge in [-0.3, -0.25) is 9.80 Å². The van der Waals surface area contributed by atoms with E-state index in [9.17, 15) is 0 Å². The lowest BCUT2D eigenvalue weighted by Gasteiger charge is -2.50. The van der Waals surface area contributed by atoms with Gasteiger partial charge in [0.05, 0.1) is 13.2 Å². The van der Waals surface area contributed by atoms with Crippen LogP contribution in [0.1, 0.15) is 11.6 Å². The Labute approximate surface area is 115 Å². The molecule has 2 unspecified atom stereocenters. The second-order valence-electron chi connectivity index (χ2n) is 5.41. The number of para-hydroxylation sites is 1. The number of piperazine rings is 3. The number of ether oxygens (including phenoxy) is 1. The molecule has 4 heteroatoms. The predicted molar refractivity (Wildman–Crippen MR) is 76.6 cm³/mol. The summed E-state index contributed by atoms with van der Waals surface area (Å²) in [5.74, 6) is 0.986. The van der Waals surface area contributed by atoms with Gasteiger partial charge in [0.2, 0.25) is 0 Å². The molecule has 3 saturated heterocycles. The topological polar surface area (TPSA) is 27.7 Å². The molecule has 0 saturated carbocycles. The molecule has 3 fully saturated rings. The third-order valence-corrected chi connectivity index (χ3v) is 4.49. The molecule has 0 aliphatic carbocycles. The fourth-order valence-corrected chi connectivity index (χ4v) is 3.45. The molecule has 0 amide bonds. The van der Waals surface area contributed by atoms with Crippen molar-refractivity contribution in [2.75, 3.05) is 46.9 Å². The minimum Gasteiger partial charge on any atom is -0.496 e. The van der Waals surface area contributed by atoms with Crippen molar-refractivity contribution < 1.29 is 4.74 Å². The second kappa shape index (κ2) is 5.49. The summed E-state index contributed by atoms with van der Waals surface area (Å²) >= 11 is 0. The normalized spacial score (nSPS) is 31.2. The monoisotopic (exact) mass is 261 g/mol. The lowest BCUT2D eigenvalue weighted by atomic mass is 9.93. The van der Waals surface area contributed by atoms with E-state index >= 15 is 0 Å². The van der Waals surface area contributed by atoms with Gasteiger partial charge in [-0.15, -0.1) is 0 Å². The summed E-state index contributed by atoms with van der Waals surface area (Å²) in [5, 5.41) is 3.50. The van der Waals surface area contributed by atoms with Gasteiger partial charge < -0.3 is 10.1 Å². The van der Waals surface area contributed by atoms with Crippen LogP contribution in [-0.2, 0) is 0 Å². The van der Waals surface area contributed by atoms with Gasteiger partial charge in [-0.05, 0) is 13.1 Å². The van der Waals surface area contributed by atoms with Gasteiger partial charge in [0, 0.05) is 44.3 Å². The van der Waals surface area contributed by atoms with Crippen LogP contribution in [0.2, 0.25) is 0 Å². The number of rotatable bonds is 4. The van der Waals surface area contributed by atoms with Crippen molar-refractivity contribution >= 4 is 0 Å². The first-order chi connectivity index (χ1) is 9.33. The molecule has 104 valence electrons. The zero-order chi connectivity index (χ0) is 13.2. The van der Waals surface area contributed by atoms with E-state index in [1.165, 1.54) is 31.7 Å². The van der Waals surface area contributed by atoms with Crippen molar-refractivity contribution in [3.05, 3.63) is 29.8 Å². The Balaban J connectivity index is 1.88. The van der Waals surface area contributed by atoms with Gasteiger partial charge >= 0.3 is 0 Å². The van der Waals surface area contributed by atoms with Crippen molar-refractivity contribution in [3.8, 4) is 5.75 Å². The van der Waals surface area contributed by atoms with Crippen LogP contribution in [0, 0.1) is 0 Å². The first-order valence-electron chi connectivity index (χ1n) is 7.10. The minimum absolute atomic E-state index is 0.333. The Bertz CT molecular complexity index is 429. The van der Waals surface area contributed by atoms with E-state index in [1.54, 1.807) is 7.11 Å². The smallest absolute Gasteiger partial charge is 0.123 e. The SMILES string of the molecule is CNC(c1ccccc1OC)C1CN2CCN1CC2. The first kappa shape index (κ1) is 12.9. The van der Waals surface area contributed by atoms with Crippen molar-refractivity contribution in [1.29, 1.82) is 0 Å². The lowest BCUT2D eigenvalue weighted by molar-refractivity contribution is -0.00285. The van der Waals surface area contributed by atoms with Crippen molar-refractivity contribution in [3.63, 3.8) is 0 Å². The van der Waals surface area contributed by atoms with E-state index in [0.29, 0.717) is 12.1 Å². The largest absolute Gasteiger partial charge is 0.496 e. The molecule has 2 bridgehead atoms. The van der Waals surface area contributed by atoms with E-state index in [2.05, 4.69) is 40.4 Å². The molecule has 1 aromatic rings. The first-order valence-corrected chi connectivity index (χ1v) is 7.10. The molecule has 0 spiro atoms. The summed E-state index contributed by atoms with van der Waals surface area (Å²) in [4.78, 5) is 5.19. The number of benzene rings is 1. The fourth-order valence-electron chi connectivity index (χ4n) is 3.45. The van der Waals surface area contributed by atoms with Gasteiger partial charge in [0.15, 0.2) is 0 Å². The van der Waals surface area contributed by atoms with E-state index in [0.717, 1.165) is 12.3 Å². The van der Waals surface area contributed by atoms with E-state index in [-0.39, 0.29) is 0 Å². The highest BCUT2D eigenvalue weighted by molar-refractivity contribution is 5.37. The average Bonchev–Trinajstić information content (AvgIpc) is 2.50. The highest BCUT2D eigenvalue weighted by Gasteiger charge is 2.37. The molecule has 2 atom stereocenters. The number of hydrogen-bond acceptors (Lipinski definition) is 4. The van der Waals surface area contributed by atoms with Crippen LogP contribution < -0.4 is 10.1 Å². The van der Waals surface area contributed by atoms with Gasteiger partial charge in [0.25, 0.3) is 0 Å². The Morgan fingerprint density at radius 3 is 2.53 bits per heavy atom. The summed E-state index contributed by atoms with van der Waals surface area (Å²) in [7, 11) is 3.80. The van der Waals surface area contributed by atoms with Crippen LogP contribution in [0.4, 0.5) is 0 Å². The van der Waals surface area contributed by atoms with Crippen LogP contribution in [-0.4, -0.2) is 62.7 Å². The lowest BCUT2D eigenvalue weighted by Crippen LogP contribution is -2.63. The highest BCUT2D eigenvalue weighted by atomic mass is 16.5. The fraction of sp³-hybridized carbons (Fsp3) is 0.600. The molecule has 0 radical (unpaired) electrons. The Kier molecular flexibility index (Phi) is 3.73. The summed E-state index contributed by atoms with van der Waals surface area (Å²) in [5.41, 5.74) is 1.27.